The molecule has 0 atom stereocenters. The highest BCUT2D eigenvalue weighted by Gasteiger charge is 2.30. The molecule has 0 N–H and O–H groups in total. The molecule has 1 amide bonds. The van der Waals surface area contributed by atoms with Crippen LogP contribution < -0.4 is 4.31 Å². The molecule has 0 radical (unpaired) electrons. The molecule has 0 aromatic heterocycles. The predicted octanol–water partition coefficient (Wildman–Crippen LogP) is 4.81. The van der Waals surface area contributed by atoms with Crippen molar-refractivity contribution < 1.29 is 13.2 Å². The Balaban J connectivity index is 1.42. The minimum absolute atomic E-state index is 0.166. The van der Waals surface area contributed by atoms with E-state index in [0.29, 0.717) is 18.8 Å². The molecule has 3 aromatic carbocycles. The highest BCUT2D eigenvalue weighted by Crippen LogP contribution is 2.26. The molecule has 4 rings (SSSR count). The van der Waals surface area contributed by atoms with Gasteiger partial charge in [-0.15, -0.1) is 0 Å². The van der Waals surface area contributed by atoms with Gasteiger partial charge in [0.15, 0.2) is 0 Å². The summed E-state index contributed by atoms with van der Waals surface area (Å²) in [4.78, 5) is 17.5. The number of hydrogen-bond donors (Lipinski definition) is 0. The van der Waals surface area contributed by atoms with E-state index in [-0.39, 0.29) is 17.3 Å². The van der Waals surface area contributed by atoms with Gasteiger partial charge in [-0.2, -0.15) is 0 Å². The van der Waals surface area contributed by atoms with E-state index in [1.165, 1.54) is 4.31 Å². The average molecular weight is 569 g/mol. The van der Waals surface area contributed by atoms with Crippen LogP contribution in [0.15, 0.2) is 94.3 Å². The maximum atomic E-state index is 13.6. The van der Waals surface area contributed by atoms with Gasteiger partial charge in [-0.25, -0.2) is 8.42 Å². The molecule has 0 bridgehead atoms. The summed E-state index contributed by atoms with van der Waals surface area (Å²) < 4.78 is 29.2. The van der Waals surface area contributed by atoms with Crippen LogP contribution in [-0.4, -0.2) is 63.4 Å². The summed E-state index contributed by atoms with van der Waals surface area (Å²) >= 11 is 3.40. The highest BCUT2D eigenvalue weighted by atomic mass is 79.9. The summed E-state index contributed by atoms with van der Waals surface area (Å²) in [7, 11) is -3.92. The van der Waals surface area contributed by atoms with Crippen LogP contribution in [-0.2, 0) is 14.8 Å². The number of carbonyl (C=O) groups excluding carboxylic acids is 1. The third kappa shape index (κ3) is 6.63. The smallest absolute Gasteiger partial charge is 0.264 e. The molecule has 1 heterocycles. The zero-order valence-electron chi connectivity index (χ0n) is 20.3. The number of halogens is 1. The molecule has 0 unspecified atom stereocenters. The maximum absolute atomic E-state index is 13.6. The first-order valence-corrected chi connectivity index (χ1v) is 14.1. The van der Waals surface area contributed by atoms with Gasteiger partial charge in [0.2, 0.25) is 5.91 Å². The lowest BCUT2D eigenvalue weighted by Gasteiger charge is -2.35. The maximum Gasteiger partial charge on any atom is 0.264 e. The van der Waals surface area contributed by atoms with Gasteiger partial charge in [0, 0.05) is 37.2 Å². The van der Waals surface area contributed by atoms with Crippen molar-refractivity contribution in [3.05, 3.63) is 101 Å². The SMILES string of the molecule is Cc1ccc(S(=O)(=O)N(CC(=O)N2CCN(C/C=C/c3ccccc3)CC2)c2ccc(Br)cc2)cc1. The first-order chi connectivity index (χ1) is 17.3. The van der Waals surface area contributed by atoms with Crippen LogP contribution in [0.1, 0.15) is 11.1 Å². The summed E-state index contributed by atoms with van der Waals surface area (Å²) in [5.74, 6) is -0.201. The fraction of sp³-hybridized carbons (Fsp3) is 0.250. The van der Waals surface area contributed by atoms with E-state index in [2.05, 4.69) is 45.1 Å². The van der Waals surface area contributed by atoms with E-state index in [1.807, 2.05) is 25.1 Å². The second-order valence-electron chi connectivity index (χ2n) is 8.80. The summed E-state index contributed by atoms with van der Waals surface area (Å²) in [5.41, 5.74) is 2.59. The summed E-state index contributed by atoms with van der Waals surface area (Å²) in [5, 5.41) is 0. The lowest BCUT2D eigenvalue weighted by atomic mass is 10.2. The Morgan fingerprint density at radius 1 is 0.917 bits per heavy atom. The van der Waals surface area contributed by atoms with Crippen LogP contribution in [0, 0.1) is 6.92 Å². The third-order valence-electron chi connectivity index (χ3n) is 6.20. The molecule has 1 fully saturated rings. The molecule has 1 aliphatic heterocycles. The van der Waals surface area contributed by atoms with Gasteiger partial charge < -0.3 is 4.90 Å². The minimum Gasteiger partial charge on any atom is -0.339 e. The Morgan fingerprint density at radius 2 is 1.56 bits per heavy atom. The molecular weight excluding hydrogens is 538 g/mol. The van der Waals surface area contributed by atoms with Crippen LogP contribution >= 0.6 is 15.9 Å². The highest BCUT2D eigenvalue weighted by molar-refractivity contribution is 9.10. The molecule has 1 aliphatic rings. The van der Waals surface area contributed by atoms with Crippen molar-refractivity contribution in [2.45, 2.75) is 11.8 Å². The fourth-order valence-electron chi connectivity index (χ4n) is 4.06. The standard InChI is InChI=1S/C28H30BrN3O3S/c1-23-9-15-27(16-10-23)36(34,35)32(26-13-11-25(29)12-14-26)22-28(33)31-20-18-30(19-21-31)17-5-8-24-6-3-2-4-7-24/h2-16H,17-22H2,1H3/b8-5+. The normalized spacial score (nSPS) is 14.8. The quantitative estimate of drug-likeness (QED) is 0.392. The Hall–Kier alpha value is -2.94. The number of nitrogens with zero attached hydrogens (tertiary/aromatic N) is 3. The average Bonchev–Trinajstić information content (AvgIpc) is 2.89. The minimum atomic E-state index is -3.92. The van der Waals surface area contributed by atoms with Crippen LogP contribution in [0.25, 0.3) is 6.08 Å². The number of sulfonamides is 1. The van der Waals surface area contributed by atoms with E-state index in [1.54, 1.807) is 53.4 Å². The van der Waals surface area contributed by atoms with E-state index in [9.17, 15) is 13.2 Å². The van der Waals surface area contributed by atoms with Crippen molar-refractivity contribution in [3.63, 3.8) is 0 Å². The molecule has 0 aliphatic carbocycles. The molecule has 36 heavy (non-hydrogen) atoms. The van der Waals surface area contributed by atoms with Gasteiger partial charge in [-0.1, -0.05) is 76.1 Å². The molecule has 8 heteroatoms. The number of benzene rings is 3. The number of aryl methyl sites for hydroxylation is 1. The third-order valence-corrected chi connectivity index (χ3v) is 8.52. The topological polar surface area (TPSA) is 60.9 Å². The molecule has 6 nitrogen and oxygen atoms in total. The van der Waals surface area contributed by atoms with Crippen molar-refractivity contribution in [1.29, 1.82) is 0 Å². The van der Waals surface area contributed by atoms with Gasteiger partial charge >= 0.3 is 0 Å². The second kappa shape index (κ2) is 11.9. The Bertz CT molecular complexity index is 1290. The zero-order chi connectivity index (χ0) is 25.5. The van der Waals surface area contributed by atoms with Crippen molar-refractivity contribution in [2.75, 3.05) is 43.6 Å². The van der Waals surface area contributed by atoms with Gasteiger partial charge in [-0.3, -0.25) is 14.0 Å². The number of carbonyl (C=O) groups is 1. The summed E-state index contributed by atoms with van der Waals surface area (Å²) in [6, 6.07) is 23.8. The first-order valence-electron chi connectivity index (χ1n) is 11.9. The number of anilines is 1. The molecule has 188 valence electrons. The Kier molecular flexibility index (Phi) is 8.61. The first kappa shape index (κ1) is 26.1. The molecule has 0 saturated carbocycles. The molecule has 0 spiro atoms. The summed E-state index contributed by atoms with van der Waals surface area (Å²) in [6.07, 6.45) is 4.24. The number of amides is 1. The van der Waals surface area contributed by atoms with Gasteiger partial charge in [0.05, 0.1) is 10.6 Å². The molecule has 3 aromatic rings. The number of hydrogen-bond acceptors (Lipinski definition) is 4. The summed E-state index contributed by atoms with van der Waals surface area (Å²) in [6.45, 7) is 5.09. The van der Waals surface area contributed by atoms with Gasteiger partial charge in [0.25, 0.3) is 10.0 Å². The predicted molar refractivity (Wildman–Crippen MR) is 148 cm³/mol. The monoisotopic (exact) mass is 567 g/mol. The second-order valence-corrected chi connectivity index (χ2v) is 11.6. The number of rotatable bonds is 8. The van der Waals surface area contributed by atoms with Crippen molar-refractivity contribution in [1.82, 2.24) is 9.80 Å². The van der Waals surface area contributed by atoms with E-state index in [0.717, 1.165) is 35.2 Å². The van der Waals surface area contributed by atoms with Crippen LogP contribution in [0.2, 0.25) is 0 Å². The van der Waals surface area contributed by atoms with Crippen molar-refractivity contribution >= 4 is 43.6 Å². The zero-order valence-corrected chi connectivity index (χ0v) is 22.7. The Labute approximate surface area is 222 Å². The van der Waals surface area contributed by atoms with Crippen molar-refractivity contribution in [3.8, 4) is 0 Å². The number of piperazine rings is 1. The van der Waals surface area contributed by atoms with Crippen LogP contribution in [0.4, 0.5) is 5.69 Å². The lowest BCUT2D eigenvalue weighted by Crippen LogP contribution is -2.51. The Morgan fingerprint density at radius 3 is 2.19 bits per heavy atom. The van der Waals surface area contributed by atoms with Gasteiger partial charge in [0.1, 0.15) is 6.54 Å². The molecule has 1 saturated heterocycles. The largest absolute Gasteiger partial charge is 0.339 e. The fourth-order valence-corrected chi connectivity index (χ4v) is 5.74. The van der Waals surface area contributed by atoms with E-state index in [4.69, 9.17) is 0 Å². The molecular formula is C28H30BrN3O3S. The van der Waals surface area contributed by atoms with Crippen LogP contribution in [0.3, 0.4) is 0 Å². The van der Waals surface area contributed by atoms with Crippen molar-refractivity contribution in [2.24, 2.45) is 0 Å². The van der Waals surface area contributed by atoms with E-state index < -0.39 is 10.0 Å². The lowest BCUT2D eigenvalue weighted by molar-refractivity contribution is -0.131. The van der Waals surface area contributed by atoms with Gasteiger partial charge in [-0.05, 0) is 48.9 Å². The van der Waals surface area contributed by atoms with Crippen LogP contribution in [0.5, 0.6) is 0 Å². The van der Waals surface area contributed by atoms with E-state index >= 15 is 0 Å².